The van der Waals surface area contributed by atoms with Crippen LogP contribution >= 0.6 is 0 Å². The Morgan fingerprint density at radius 3 is 2.00 bits per heavy atom. The highest BCUT2D eigenvalue weighted by Gasteiger charge is 2.43. The van der Waals surface area contributed by atoms with Crippen molar-refractivity contribution in [2.24, 2.45) is 0 Å². The van der Waals surface area contributed by atoms with Gasteiger partial charge in [0.15, 0.2) is 0 Å². The molecule has 1 aliphatic heterocycles. The SMILES string of the molecule is CCc1cccc(C)c1NC(=O)[C@@H]1CN(S(=O)(=O)c2ccccc2)CCN1S(=O)(=O)c1ccccc1. The molecule has 1 fully saturated rings. The highest BCUT2D eigenvalue weighted by Crippen LogP contribution is 2.27. The fourth-order valence-electron chi connectivity index (χ4n) is 4.34. The molecule has 0 spiro atoms. The van der Waals surface area contributed by atoms with Crippen LogP contribution < -0.4 is 5.32 Å². The summed E-state index contributed by atoms with van der Waals surface area (Å²) >= 11 is 0. The first-order valence-electron chi connectivity index (χ1n) is 11.7. The lowest BCUT2D eigenvalue weighted by atomic mass is 10.1. The Morgan fingerprint density at radius 2 is 1.42 bits per heavy atom. The number of carbonyl (C=O) groups is 1. The minimum absolute atomic E-state index is 0.0484. The monoisotopic (exact) mass is 527 g/mol. The molecule has 0 saturated carbocycles. The average Bonchev–Trinajstić information content (AvgIpc) is 2.90. The van der Waals surface area contributed by atoms with Gasteiger partial charge < -0.3 is 5.32 Å². The summed E-state index contributed by atoms with van der Waals surface area (Å²) in [5.74, 6) is -0.577. The topological polar surface area (TPSA) is 104 Å². The number of para-hydroxylation sites is 1. The zero-order chi connectivity index (χ0) is 25.9. The van der Waals surface area contributed by atoms with Gasteiger partial charge in [0.2, 0.25) is 26.0 Å². The van der Waals surface area contributed by atoms with Gasteiger partial charge in [0.1, 0.15) is 6.04 Å². The van der Waals surface area contributed by atoms with Crippen LogP contribution in [0.3, 0.4) is 0 Å². The predicted molar refractivity (Wildman–Crippen MR) is 139 cm³/mol. The molecule has 1 heterocycles. The van der Waals surface area contributed by atoms with E-state index in [2.05, 4.69) is 5.32 Å². The summed E-state index contributed by atoms with van der Waals surface area (Å²) < 4.78 is 56.0. The van der Waals surface area contributed by atoms with Gasteiger partial charge in [-0.25, -0.2) is 16.8 Å². The van der Waals surface area contributed by atoms with Crippen LogP contribution in [0.1, 0.15) is 18.1 Å². The van der Waals surface area contributed by atoms with Crippen LogP contribution in [0.15, 0.2) is 88.7 Å². The number of carbonyl (C=O) groups excluding carboxylic acids is 1. The van der Waals surface area contributed by atoms with Crippen molar-refractivity contribution in [3.05, 3.63) is 90.0 Å². The van der Waals surface area contributed by atoms with Gasteiger partial charge in [0, 0.05) is 25.3 Å². The average molecular weight is 528 g/mol. The normalized spacial score (nSPS) is 17.6. The largest absolute Gasteiger partial charge is 0.324 e. The summed E-state index contributed by atoms with van der Waals surface area (Å²) in [7, 11) is -7.98. The Kier molecular flexibility index (Phi) is 7.60. The fourth-order valence-corrected chi connectivity index (χ4v) is 7.39. The quantitative estimate of drug-likeness (QED) is 0.508. The Balaban J connectivity index is 1.72. The van der Waals surface area contributed by atoms with Crippen LogP contribution in [0.4, 0.5) is 5.69 Å². The summed E-state index contributed by atoms with van der Waals surface area (Å²) in [5, 5.41) is 2.90. The van der Waals surface area contributed by atoms with Crippen molar-refractivity contribution in [3.8, 4) is 0 Å². The smallest absolute Gasteiger partial charge is 0.244 e. The van der Waals surface area contributed by atoms with Gasteiger partial charge in [-0.1, -0.05) is 61.5 Å². The summed E-state index contributed by atoms with van der Waals surface area (Å²) in [6, 6.07) is 20.2. The van der Waals surface area contributed by atoms with Crippen molar-refractivity contribution >= 4 is 31.6 Å². The van der Waals surface area contributed by atoms with Crippen molar-refractivity contribution in [2.75, 3.05) is 25.0 Å². The van der Waals surface area contributed by atoms with E-state index >= 15 is 0 Å². The van der Waals surface area contributed by atoms with E-state index in [4.69, 9.17) is 0 Å². The number of piperazine rings is 1. The van der Waals surface area contributed by atoms with Gasteiger partial charge >= 0.3 is 0 Å². The first kappa shape index (κ1) is 26.0. The van der Waals surface area contributed by atoms with E-state index in [-0.39, 0.29) is 29.4 Å². The molecule has 1 atom stereocenters. The lowest BCUT2D eigenvalue weighted by Gasteiger charge is -2.39. The van der Waals surface area contributed by atoms with Gasteiger partial charge in [-0.05, 0) is 48.7 Å². The number of benzene rings is 3. The summed E-state index contributed by atoms with van der Waals surface area (Å²) in [6.45, 7) is 3.29. The number of aryl methyl sites for hydroxylation is 2. The molecule has 190 valence electrons. The first-order valence-corrected chi connectivity index (χ1v) is 14.6. The molecule has 0 bridgehead atoms. The fraction of sp³-hybridized carbons (Fsp3) is 0.269. The zero-order valence-electron chi connectivity index (χ0n) is 20.2. The van der Waals surface area contributed by atoms with Gasteiger partial charge in [0.25, 0.3) is 0 Å². The summed E-state index contributed by atoms with van der Waals surface area (Å²) in [6.07, 6.45) is 0.669. The molecule has 8 nitrogen and oxygen atoms in total. The van der Waals surface area contributed by atoms with Crippen molar-refractivity contribution in [1.82, 2.24) is 8.61 Å². The molecule has 3 aromatic carbocycles. The van der Waals surface area contributed by atoms with Crippen molar-refractivity contribution in [2.45, 2.75) is 36.1 Å². The van der Waals surface area contributed by atoms with E-state index in [9.17, 15) is 21.6 Å². The number of hydrogen-bond acceptors (Lipinski definition) is 5. The third kappa shape index (κ3) is 5.08. The Morgan fingerprint density at radius 1 is 0.833 bits per heavy atom. The summed E-state index contributed by atoms with van der Waals surface area (Å²) in [5.41, 5.74) is 2.36. The lowest BCUT2D eigenvalue weighted by Crippen LogP contribution is -2.60. The number of sulfonamides is 2. The standard InChI is InChI=1S/C26H29N3O5S2/c1-3-21-12-10-11-20(2)25(21)27-26(30)24-19-28(35(31,32)22-13-6-4-7-14-22)17-18-29(24)36(33,34)23-15-8-5-9-16-23/h4-16,24H,3,17-19H2,1-2H3,(H,27,30)/t24-/m0/s1. The Hall–Kier alpha value is -3.05. The van der Waals surface area contributed by atoms with Crippen LogP contribution in [0.2, 0.25) is 0 Å². The molecule has 36 heavy (non-hydrogen) atoms. The van der Waals surface area contributed by atoms with E-state index in [1.807, 2.05) is 32.0 Å². The predicted octanol–water partition coefficient (Wildman–Crippen LogP) is 3.26. The minimum atomic E-state index is -4.06. The van der Waals surface area contributed by atoms with E-state index < -0.39 is 32.0 Å². The number of rotatable bonds is 7. The second kappa shape index (κ2) is 10.5. The second-order valence-corrected chi connectivity index (χ2v) is 12.4. The molecule has 1 N–H and O–H groups in total. The maximum absolute atomic E-state index is 13.6. The first-order chi connectivity index (χ1) is 17.2. The van der Waals surface area contributed by atoms with Gasteiger partial charge in [-0.3, -0.25) is 4.79 Å². The van der Waals surface area contributed by atoms with Crippen molar-refractivity contribution < 1.29 is 21.6 Å². The van der Waals surface area contributed by atoms with Crippen LogP contribution in [-0.2, 0) is 31.3 Å². The second-order valence-electron chi connectivity index (χ2n) is 8.57. The van der Waals surface area contributed by atoms with Gasteiger partial charge in [0.05, 0.1) is 9.79 Å². The van der Waals surface area contributed by atoms with E-state index in [0.717, 1.165) is 15.4 Å². The molecule has 0 aromatic heterocycles. The van der Waals surface area contributed by atoms with Crippen molar-refractivity contribution in [3.63, 3.8) is 0 Å². The molecule has 1 saturated heterocycles. The van der Waals surface area contributed by atoms with Crippen LogP contribution in [0, 0.1) is 6.92 Å². The number of nitrogens with one attached hydrogen (secondary N) is 1. The molecule has 3 aromatic rings. The molecule has 10 heteroatoms. The molecule has 0 radical (unpaired) electrons. The summed E-state index contributed by atoms with van der Waals surface area (Å²) in [4.78, 5) is 13.8. The van der Waals surface area contributed by atoms with E-state index in [1.54, 1.807) is 36.4 Å². The molecule has 1 amide bonds. The Labute approximate surface area is 212 Å². The lowest BCUT2D eigenvalue weighted by molar-refractivity contribution is -0.120. The highest BCUT2D eigenvalue weighted by molar-refractivity contribution is 7.89. The maximum atomic E-state index is 13.6. The van der Waals surface area contributed by atoms with Gasteiger partial charge in [-0.2, -0.15) is 8.61 Å². The third-order valence-corrected chi connectivity index (χ3v) is 10.1. The van der Waals surface area contributed by atoms with Crippen LogP contribution in [0.5, 0.6) is 0 Å². The molecule has 0 aliphatic carbocycles. The zero-order valence-corrected chi connectivity index (χ0v) is 21.8. The highest BCUT2D eigenvalue weighted by atomic mass is 32.2. The molecule has 0 unspecified atom stereocenters. The number of hydrogen-bond donors (Lipinski definition) is 1. The van der Waals surface area contributed by atoms with Crippen LogP contribution in [-0.4, -0.2) is 57.0 Å². The van der Waals surface area contributed by atoms with Gasteiger partial charge in [-0.15, -0.1) is 0 Å². The minimum Gasteiger partial charge on any atom is -0.324 e. The van der Waals surface area contributed by atoms with E-state index in [0.29, 0.717) is 12.1 Å². The van der Waals surface area contributed by atoms with Crippen LogP contribution in [0.25, 0.3) is 0 Å². The maximum Gasteiger partial charge on any atom is 0.244 e. The molecule has 4 rings (SSSR count). The number of nitrogens with zero attached hydrogens (tertiary/aromatic N) is 2. The molecular formula is C26H29N3O5S2. The number of amides is 1. The molecular weight excluding hydrogens is 498 g/mol. The Bertz CT molecular complexity index is 1440. The molecule has 1 aliphatic rings. The number of anilines is 1. The third-order valence-electron chi connectivity index (χ3n) is 6.32. The van der Waals surface area contributed by atoms with Crippen molar-refractivity contribution in [1.29, 1.82) is 0 Å². The van der Waals surface area contributed by atoms with E-state index in [1.165, 1.54) is 28.6 Å².